The summed E-state index contributed by atoms with van der Waals surface area (Å²) in [6.45, 7) is 1.22. The van der Waals surface area contributed by atoms with Crippen LogP contribution in [0.15, 0.2) is 18.2 Å². The highest BCUT2D eigenvalue weighted by atomic mass is 35.5. The number of aliphatic hydroxyl groups is 3. The van der Waals surface area contributed by atoms with Crippen molar-refractivity contribution in [1.82, 2.24) is 0 Å². The van der Waals surface area contributed by atoms with Crippen LogP contribution in [0.3, 0.4) is 0 Å². The predicted octanol–water partition coefficient (Wildman–Crippen LogP) is 2.02. The molecule has 1 aromatic carbocycles. The Hall–Kier alpha value is -0.320. The van der Waals surface area contributed by atoms with Crippen LogP contribution in [0.1, 0.15) is 18.6 Å². The highest BCUT2D eigenvalue weighted by molar-refractivity contribution is 6.42. The Labute approximate surface area is 104 Å². The molecular formula is C11H14Cl2O3. The number of aliphatic hydroxyl groups excluding tert-OH is 3. The normalized spacial score (nSPS) is 16.9. The second kappa shape index (κ2) is 5.84. The topological polar surface area (TPSA) is 60.7 Å². The Balaban J connectivity index is 2.96. The summed E-state index contributed by atoms with van der Waals surface area (Å²) in [4.78, 5) is 0. The minimum absolute atomic E-state index is 0.272. The summed E-state index contributed by atoms with van der Waals surface area (Å²) in [5.74, 6) is -0.527. The van der Waals surface area contributed by atoms with E-state index in [4.69, 9.17) is 28.3 Å². The summed E-state index contributed by atoms with van der Waals surface area (Å²) >= 11 is 11.8. The lowest BCUT2D eigenvalue weighted by Crippen LogP contribution is -2.27. The van der Waals surface area contributed by atoms with Crippen molar-refractivity contribution in [1.29, 1.82) is 0 Å². The molecule has 0 aliphatic rings. The van der Waals surface area contributed by atoms with Gasteiger partial charge >= 0.3 is 0 Å². The molecule has 0 aliphatic heterocycles. The zero-order valence-corrected chi connectivity index (χ0v) is 10.3. The maximum absolute atomic E-state index is 9.98. The summed E-state index contributed by atoms with van der Waals surface area (Å²) in [6.07, 6.45) is -1.96. The van der Waals surface area contributed by atoms with Gasteiger partial charge in [0.15, 0.2) is 0 Å². The molecule has 0 radical (unpaired) electrons. The molecule has 0 heterocycles. The Kier molecular flexibility index (Phi) is 5.02. The predicted molar refractivity (Wildman–Crippen MR) is 63.7 cm³/mol. The van der Waals surface area contributed by atoms with E-state index in [9.17, 15) is 10.2 Å². The molecule has 0 fully saturated rings. The van der Waals surface area contributed by atoms with Crippen LogP contribution in [0.5, 0.6) is 0 Å². The molecule has 3 N–H and O–H groups in total. The van der Waals surface area contributed by atoms with Crippen LogP contribution in [-0.4, -0.2) is 28.0 Å². The Morgan fingerprint density at radius 1 is 1.25 bits per heavy atom. The van der Waals surface area contributed by atoms with Crippen LogP contribution < -0.4 is 0 Å². The van der Waals surface area contributed by atoms with Crippen LogP contribution in [0.4, 0.5) is 0 Å². The molecule has 5 heteroatoms. The molecule has 0 bridgehead atoms. The van der Waals surface area contributed by atoms with E-state index in [-0.39, 0.29) is 5.02 Å². The van der Waals surface area contributed by atoms with E-state index in [1.165, 1.54) is 0 Å². The monoisotopic (exact) mass is 264 g/mol. The van der Waals surface area contributed by atoms with E-state index in [1.54, 1.807) is 25.1 Å². The van der Waals surface area contributed by atoms with Crippen molar-refractivity contribution in [3.63, 3.8) is 0 Å². The summed E-state index contributed by atoms with van der Waals surface area (Å²) in [5, 5.41) is 28.8. The zero-order valence-electron chi connectivity index (χ0n) is 8.77. The standard InChI is InChI=1S/C11H14Cl2O3/c1-6(9(15)5-14)11(16)7-3-2-4-8(12)10(7)13/h2-4,6,9,11,14-16H,5H2,1H3. The van der Waals surface area contributed by atoms with Crippen molar-refractivity contribution in [2.24, 2.45) is 5.92 Å². The molecule has 0 aliphatic carbocycles. The summed E-state index contributed by atoms with van der Waals surface area (Å²) in [5.41, 5.74) is 0.453. The summed E-state index contributed by atoms with van der Waals surface area (Å²) < 4.78 is 0. The number of benzene rings is 1. The van der Waals surface area contributed by atoms with Gasteiger partial charge in [-0.25, -0.2) is 0 Å². The number of rotatable bonds is 4. The van der Waals surface area contributed by atoms with Crippen LogP contribution in [-0.2, 0) is 0 Å². The maximum Gasteiger partial charge on any atom is 0.0856 e. The molecule has 0 aromatic heterocycles. The lowest BCUT2D eigenvalue weighted by Gasteiger charge is -2.23. The Morgan fingerprint density at radius 2 is 1.88 bits per heavy atom. The number of hydrogen-bond acceptors (Lipinski definition) is 3. The molecule has 0 saturated carbocycles. The maximum atomic E-state index is 9.98. The largest absolute Gasteiger partial charge is 0.394 e. The van der Waals surface area contributed by atoms with Crippen LogP contribution in [0.25, 0.3) is 0 Å². The van der Waals surface area contributed by atoms with Crippen molar-refractivity contribution < 1.29 is 15.3 Å². The minimum Gasteiger partial charge on any atom is -0.394 e. The Morgan fingerprint density at radius 3 is 2.44 bits per heavy atom. The van der Waals surface area contributed by atoms with E-state index >= 15 is 0 Å². The van der Waals surface area contributed by atoms with Crippen LogP contribution >= 0.6 is 23.2 Å². The highest BCUT2D eigenvalue weighted by Gasteiger charge is 2.25. The number of halogens is 2. The van der Waals surface area contributed by atoms with Gasteiger partial charge in [0.25, 0.3) is 0 Å². The molecule has 1 rings (SSSR count). The summed E-state index contributed by atoms with van der Waals surface area (Å²) in [7, 11) is 0. The van der Waals surface area contributed by atoms with Gasteiger partial charge in [-0.1, -0.05) is 42.3 Å². The SMILES string of the molecule is CC(C(O)CO)C(O)c1cccc(Cl)c1Cl. The van der Waals surface area contributed by atoms with Crippen molar-refractivity contribution in [3.05, 3.63) is 33.8 Å². The molecule has 16 heavy (non-hydrogen) atoms. The van der Waals surface area contributed by atoms with Gasteiger partial charge in [-0.3, -0.25) is 0 Å². The molecular weight excluding hydrogens is 251 g/mol. The van der Waals surface area contributed by atoms with E-state index in [0.29, 0.717) is 10.6 Å². The lowest BCUT2D eigenvalue weighted by molar-refractivity contribution is -0.00886. The average molecular weight is 265 g/mol. The smallest absolute Gasteiger partial charge is 0.0856 e. The second-order valence-corrected chi connectivity index (χ2v) is 4.48. The van der Waals surface area contributed by atoms with Crippen LogP contribution in [0, 0.1) is 5.92 Å². The van der Waals surface area contributed by atoms with Crippen LogP contribution in [0.2, 0.25) is 10.0 Å². The van der Waals surface area contributed by atoms with Gasteiger partial charge in [-0.2, -0.15) is 0 Å². The van der Waals surface area contributed by atoms with E-state index in [0.717, 1.165) is 0 Å². The van der Waals surface area contributed by atoms with E-state index in [2.05, 4.69) is 0 Å². The van der Waals surface area contributed by atoms with Gasteiger partial charge in [0.05, 0.1) is 28.9 Å². The first kappa shape index (κ1) is 13.7. The highest BCUT2D eigenvalue weighted by Crippen LogP contribution is 2.34. The number of hydrogen-bond donors (Lipinski definition) is 3. The first-order valence-electron chi connectivity index (χ1n) is 4.90. The minimum atomic E-state index is -0.995. The van der Waals surface area contributed by atoms with Gasteiger partial charge in [-0.15, -0.1) is 0 Å². The molecule has 0 saturated heterocycles. The van der Waals surface area contributed by atoms with Gasteiger partial charge in [0.2, 0.25) is 0 Å². The van der Waals surface area contributed by atoms with Gasteiger partial charge in [0.1, 0.15) is 0 Å². The van der Waals surface area contributed by atoms with Crippen molar-refractivity contribution in [2.45, 2.75) is 19.1 Å². The zero-order chi connectivity index (χ0) is 12.3. The fourth-order valence-electron chi connectivity index (χ4n) is 1.41. The fourth-order valence-corrected chi connectivity index (χ4v) is 1.83. The van der Waals surface area contributed by atoms with Gasteiger partial charge in [-0.05, 0) is 6.07 Å². The quantitative estimate of drug-likeness (QED) is 0.780. The van der Waals surface area contributed by atoms with Crippen molar-refractivity contribution in [3.8, 4) is 0 Å². The third kappa shape index (κ3) is 2.87. The third-order valence-corrected chi connectivity index (χ3v) is 3.43. The average Bonchev–Trinajstić information content (AvgIpc) is 2.29. The van der Waals surface area contributed by atoms with Crippen molar-refractivity contribution >= 4 is 23.2 Å². The second-order valence-electron chi connectivity index (χ2n) is 3.70. The van der Waals surface area contributed by atoms with Gasteiger partial charge in [0, 0.05) is 11.5 Å². The molecule has 90 valence electrons. The third-order valence-electron chi connectivity index (χ3n) is 2.59. The van der Waals surface area contributed by atoms with Gasteiger partial charge < -0.3 is 15.3 Å². The molecule has 0 amide bonds. The lowest BCUT2D eigenvalue weighted by atomic mass is 9.93. The molecule has 3 nitrogen and oxygen atoms in total. The fraction of sp³-hybridized carbons (Fsp3) is 0.455. The first-order chi connectivity index (χ1) is 7.49. The molecule has 3 unspecified atom stereocenters. The molecule has 3 atom stereocenters. The Bertz CT molecular complexity index is 357. The van der Waals surface area contributed by atoms with Crippen molar-refractivity contribution in [2.75, 3.05) is 6.61 Å². The summed E-state index contributed by atoms with van der Waals surface area (Å²) in [6, 6.07) is 4.93. The van der Waals surface area contributed by atoms with E-state index < -0.39 is 24.7 Å². The molecule has 0 spiro atoms. The van der Waals surface area contributed by atoms with E-state index in [1.807, 2.05) is 0 Å². The first-order valence-corrected chi connectivity index (χ1v) is 5.65. The molecule has 1 aromatic rings.